The summed E-state index contributed by atoms with van der Waals surface area (Å²) in [5.41, 5.74) is 1.03. The lowest BCUT2D eigenvalue weighted by atomic mass is 10.1. The molecule has 0 atom stereocenters. The van der Waals surface area contributed by atoms with Crippen molar-refractivity contribution in [1.29, 1.82) is 0 Å². The van der Waals surface area contributed by atoms with Crippen LogP contribution in [0.2, 0.25) is 0 Å². The summed E-state index contributed by atoms with van der Waals surface area (Å²) in [7, 11) is 1.72. The number of nitrogens with one attached hydrogen (secondary N) is 1. The Labute approximate surface area is 92.0 Å². The summed E-state index contributed by atoms with van der Waals surface area (Å²) in [4.78, 5) is 5.02. The number of benzene rings is 1. The van der Waals surface area contributed by atoms with Crippen LogP contribution in [-0.4, -0.2) is 29.0 Å². The van der Waals surface area contributed by atoms with Crippen LogP contribution in [0.15, 0.2) is 22.0 Å². The lowest BCUT2D eigenvalue weighted by molar-refractivity contribution is 0.401. The lowest BCUT2D eigenvalue weighted by Gasteiger charge is -2.06. The SMILES string of the molecule is CN=C1NCCc2cc(O)c(O)cc2S1. The average molecular weight is 224 g/mol. The summed E-state index contributed by atoms with van der Waals surface area (Å²) in [6, 6.07) is 3.19. The quantitative estimate of drug-likeness (QED) is 0.582. The maximum atomic E-state index is 9.40. The Balaban J connectivity index is 2.43. The van der Waals surface area contributed by atoms with Crippen molar-refractivity contribution in [1.82, 2.24) is 5.32 Å². The maximum Gasteiger partial charge on any atom is 0.161 e. The summed E-state index contributed by atoms with van der Waals surface area (Å²) in [5.74, 6) is -0.148. The molecule has 1 aromatic carbocycles. The number of hydrogen-bond donors (Lipinski definition) is 3. The van der Waals surface area contributed by atoms with E-state index in [9.17, 15) is 10.2 Å². The van der Waals surface area contributed by atoms with E-state index in [1.807, 2.05) is 0 Å². The minimum atomic E-state index is -0.0846. The summed E-state index contributed by atoms with van der Waals surface area (Å²) in [6.45, 7) is 0.789. The first kappa shape index (κ1) is 10.2. The molecule has 0 radical (unpaired) electrons. The lowest BCUT2D eigenvalue weighted by Crippen LogP contribution is -2.20. The number of fused-ring (bicyclic) bond motifs is 1. The van der Waals surface area contributed by atoms with Gasteiger partial charge in [-0.1, -0.05) is 11.8 Å². The fourth-order valence-electron chi connectivity index (χ4n) is 1.46. The normalized spacial score (nSPS) is 18.1. The standard InChI is InChI=1S/C10H12N2O2S/c1-11-10-12-3-2-6-4-7(13)8(14)5-9(6)15-10/h4-5,13-14H,2-3H2,1H3,(H,11,12). The van der Waals surface area contributed by atoms with Gasteiger partial charge in [0.25, 0.3) is 0 Å². The van der Waals surface area contributed by atoms with Crippen LogP contribution < -0.4 is 5.32 Å². The summed E-state index contributed by atoms with van der Waals surface area (Å²) < 4.78 is 0. The minimum Gasteiger partial charge on any atom is -0.504 e. The van der Waals surface area contributed by atoms with Crippen LogP contribution in [0.3, 0.4) is 0 Å². The summed E-state index contributed by atoms with van der Waals surface area (Å²) in [6.07, 6.45) is 0.815. The van der Waals surface area contributed by atoms with Crippen molar-refractivity contribution in [2.45, 2.75) is 11.3 Å². The van der Waals surface area contributed by atoms with Crippen LogP contribution in [-0.2, 0) is 6.42 Å². The molecule has 0 aromatic heterocycles. The number of aliphatic imine (C=N–C) groups is 1. The Hall–Kier alpha value is -1.36. The zero-order valence-corrected chi connectivity index (χ0v) is 9.14. The summed E-state index contributed by atoms with van der Waals surface area (Å²) >= 11 is 1.47. The molecule has 0 spiro atoms. The van der Waals surface area contributed by atoms with Gasteiger partial charge < -0.3 is 15.5 Å². The molecule has 5 heteroatoms. The van der Waals surface area contributed by atoms with Gasteiger partial charge in [0.15, 0.2) is 16.7 Å². The van der Waals surface area contributed by atoms with Gasteiger partial charge in [0.05, 0.1) is 0 Å². The van der Waals surface area contributed by atoms with Crippen LogP contribution in [0.25, 0.3) is 0 Å². The van der Waals surface area contributed by atoms with Crippen molar-refractivity contribution in [2.24, 2.45) is 4.99 Å². The van der Waals surface area contributed by atoms with Gasteiger partial charge >= 0.3 is 0 Å². The third-order valence-electron chi connectivity index (χ3n) is 2.24. The van der Waals surface area contributed by atoms with E-state index in [1.165, 1.54) is 11.8 Å². The molecule has 4 nitrogen and oxygen atoms in total. The molecule has 0 bridgehead atoms. The van der Waals surface area contributed by atoms with Crippen molar-refractivity contribution < 1.29 is 10.2 Å². The van der Waals surface area contributed by atoms with Gasteiger partial charge in [0.2, 0.25) is 0 Å². The Kier molecular flexibility index (Phi) is 2.73. The monoisotopic (exact) mass is 224 g/mol. The first-order chi connectivity index (χ1) is 7.20. The van der Waals surface area contributed by atoms with Crippen molar-refractivity contribution in [2.75, 3.05) is 13.6 Å². The molecular formula is C10H12N2O2S. The van der Waals surface area contributed by atoms with Gasteiger partial charge in [0.1, 0.15) is 0 Å². The van der Waals surface area contributed by atoms with Crippen LogP contribution in [0.5, 0.6) is 11.5 Å². The van der Waals surface area contributed by atoms with E-state index in [2.05, 4.69) is 10.3 Å². The molecule has 1 aromatic rings. The molecular weight excluding hydrogens is 212 g/mol. The molecule has 0 saturated heterocycles. The maximum absolute atomic E-state index is 9.40. The molecule has 80 valence electrons. The van der Waals surface area contributed by atoms with Gasteiger partial charge in [-0.25, -0.2) is 0 Å². The Morgan fingerprint density at radius 3 is 2.80 bits per heavy atom. The van der Waals surface area contributed by atoms with Gasteiger partial charge in [-0.05, 0) is 24.1 Å². The van der Waals surface area contributed by atoms with E-state index in [4.69, 9.17) is 0 Å². The van der Waals surface area contributed by atoms with E-state index in [0.717, 1.165) is 28.6 Å². The second kappa shape index (κ2) is 4.02. The van der Waals surface area contributed by atoms with Gasteiger partial charge in [0, 0.05) is 18.5 Å². The van der Waals surface area contributed by atoms with Gasteiger partial charge in [-0.3, -0.25) is 4.99 Å². The second-order valence-electron chi connectivity index (χ2n) is 3.26. The smallest absolute Gasteiger partial charge is 0.161 e. The highest BCUT2D eigenvalue weighted by molar-refractivity contribution is 8.13. The van der Waals surface area contributed by atoms with Crippen LogP contribution in [0, 0.1) is 0 Å². The molecule has 1 heterocycles. The zero-order valence-electron chi connectivity index (χ0n) is 8.32. The molecule has 15 heavy (non-hydrogen) atoms. The first-order valence-corrected chi connectivity index (χ1v) is 5.45. The Bertz CT molecular complexity index is 418. The third kappa shape index (κ3) is 2.02. The molecule has 0 fully saturated rings. The third-order valence-corrected chi connectivity index (χ3v) is 3.36. The van der Waals surface area contributed by atoms with E-state index in [1.54, 1.807) is 19.2 Å². The number of rotatable bonds is 0. The minimum absolute atomic E-state index is 0.0637. The number of thioether (sulfide) groups is 1. The number of phenolic OH excluding ortho intramolecular Hbond substituents is 2. The first-order valence-electron chi connectivity index (χ1n) is 4.64. The van der Waals surface area contributed by atoms with Gasteiger partial charge in [-0.15, -0.1) is 0 Å². The predicted molar refractivity (Wildman–Crippen MR) is 60.7 cm³/mol. The van der Waals surface area contributed by atoms with Crippen LogP contribution >= 0.6 is 11.8 Å². The highest BCUT2D eigenvalue weighted by Crippen LogP contribution is 2.35. The molecule has 1 aliphatic rings. The van der Waals surface area contributed by atoms with Gasteiger partial charge in [-0.2, -0.15) is 0 Å². The number of hydrogen-bond acceptors (Lipinski definition) is 4. The second-order valence-corrected chi connectivity index (χ2v) is 4.29. The molecule has 0 aliphatic carbocycles. The fourth-order valence-corrected chi connectivity index (χ4v) is 2.40. The highest BCUT2D eigenvalue weighted by Gasteiger charge is 2.14. The number of aromatic hydroxyl groups is 2. The van der Waals surface area contributed by atoms with E-state index < -0.39 is 0 Å². The number of phenols is 2. The Morgan fingerprint density at radius 1 is 1.33 bits per heavy atom. The molecule has 1 aliphatic heterocycles. The Morgan fingerprint density at radius 2 is 2.07 bits per heavy atom. The molecule has 0 amide bonds. The van der Waals surface area contributed by atoms with Crippen LogP contribution in [0.4, 0.5) is 0 Å². The zero-order chi connectivity index (χ0) is 10.8. The van der Waals surface area contributed by atoms with Crippen molar-refractivity contribution in [3.63, 3.8) is 0 Å². The van der Waals surface area contributed by atoms with E-state index in [-0.39, 0.29) is 11.5 Å². The average Bonchev–Trinajstić information content (AvgIpc) is 2.41. The molecule has 0 saturated carbocycles. The number of amidine groups is 1. The van der Waals surface area contributed by atoms with Crippen molar-refractivity contribution in [3.8, 4) is 11.5 Å². The van der Waals surface area contributed by atoms with Crippen molar-refractivity contribution >= 4 is 16.9 Å². The van der Waals surface area contributed by atoms with Crippen molar-refractivity contribution in [3.05, 3.63) is 17.7 Å². The van der Waals surface area contributed by atoms with Crippen LogP contribution in [0.1, 0.15) is 5.56 Å². The topological polar surface area (TPSA) is 64.9 Å². The number of nitrogens with zero attached hydrogens (tertiary/aromatic N) is 1. The molecule has 3 N–H and O–H groups in total. The largest absolute Gasteiger partial charge is 0.504 e. The molecule has 0 unspecified atom stereocenters. The van der Waals surface area contributed by atoms with E-state index >= 15 is 0 Å². The summed E-state index contributed by atoms with van der Waals surface area (Å²) in [5, 5.41) is 22.8. The predicted octanol–water partition coefficient (Wildman–Crippen LogP) is 1.32. The molecule has 2 rings (SSSR count). The highest BCUT2D eigenvalue weighted by atomic mass is 32.2. The van der Waals surface area contributed by atoms with E-state index in [0.29, 0.717) is 0 Å². The fraction of sp³-hybridized carbons (Fsp3) is 0.300.